The van der Waals surface area contributed by atoms with Crippen LogP contribution in [-0.4, -0.2) is 65.9 Å². The molecule has 0 radical (unpaired) electrons. The number of hydrogen-bond acceptors (Lipinski definition) is 5. The Hall–Kier alpha value is -2.81. The highest BCUT2D eigenvalue weighted by Gasteiger charge is 2.38. The molecule has 3 aromatic rings. The van der Waals surface area contributed by atoms with Crippen LogP contribution >= 0.6 is 0 Å². The lowest BCUT2D eigenvalue weighted by atomic mass is 9.81. The fourth-order valence-electron chi connectivity index (χ4n) is 4.69. The van der Waals surface area contributed by atoms with E-state index in [0.717, 1.165) is 61.4 Å². The molecule has 3 atom stereocenters. The predicted octanol–water partition coefficient (Wildman–Crippen LogP) is 2.49. The van der Waals surface area contributed by atoms with Crippen molar-refractivity contribution in [2.75, 3.05) is 38.2 Å². The zero-order valence-corrected chi connectivity index (χ0v) is 17.2. The fraction of sp³-hybridized carbons (Fsp3) is 0.391. The summed E-state index contributed by atoms with van der Waals surface area (Å²) in [5.41, 5.74) is 2.62. The van der Waals surface area contributed by atoms with Gasteiger partial charge in [-0.05, 0) is 42.3 Å². The van der Waals surface area contributed by atoms with E-state index >= 15 is 0 Å². The molecule has 0 bridgehead atoms. The van der Waals surface area contributed by atoms with Crippen molar-refractivity contribution in [3.8, 4) is 0 Å². The largest absolute Gasteiger partial charge is 0.379 e. The highest BCUT2D eigenvalue weighted by atomic mass is 19.1. The molecule has 3 heterocycles. The monoisotopic (exact) mass is 423 g/mol. The number of ether oxygens (including phenoxy) is 1. The van der Waals surface area contributed by atoms with Crippen LogP contribution in [0, 0.1) is 5.82 Å². The van der Waals surface area contributed by atoms with Gasteiger partial charge in [0.25, 0.3) is 0 Å². The van der Waals surface area contributed by atoms with Gasteiger partial charge in [-0.3, -0.25) is 14.8 Å². The summed E-state index contributed by atoms with van der Waals surface area (Å²) in [7, 11) is 0. The van der Waals surface area contributed by atoms with Crippen LogP contribution in [-0.2, 0) is 9.53 Å². The molecule has 3 N–H and O–H groups in total. The number of carbonyl (C=O) groups excluding carboxylic acids is 1. The number of hydrogen-bond donors (Lipinski definition) is 3. The molecular formula is C23H26FN5O2. The minimum Gasteiger partial charge on any atom is -0.379 e. The molecule has 1 amide bonds. The van der Waals surface area contributed by atoms with Crippen LogP contribution in [0.4, 0.5) is 10.1 Å². The van der Waals surface area contributed by atoms with E-state index in [4.69, 9.17) is 4.74 Å². The van der Waals surface area contributed by atoms with Crippen molar-refractivity contribution in [1.29, 1.82) is 0 Å². The summed E-state index contributed by atoms with van der Waals surface area (Å²) in [6.45, 7) is 3.99. The van der Waals surface area contributed by atoms with Gasteiger partial charge >= 0.3 is 0 Å². The molecule has 0 saturated carbocycles. The maximum absolute atomic E-state index is 13.5. The quantitative estimate of drug-likeness (QED) is 0.601. The van der Waals surface area contributed by atoms with Gasteiger partial charge in [-0.1, -0.05) is 12.1 Å². The van der Waals surface area contributed by atoms with Gasteiger partial charge in [-0.2, -0.15) is 5.10 Å². The fourth-order valence-corrected chi connectivity index (χ4v) is 4.69. The summed E-state index contributed by atoms with van der Waals surface area (Å²) in [6.07, 6.45) is 2.57. The number of benzene rings is 2. The molecular weight excluding hydrogens is 397 g/mol. The Morgan fingerprint density at radius 2 is 1.97 bits per heavy atom. The molecule has 2 aromatic carbocycles. The number of halogens is 1. The Morgan fingerprint density at radius 1 is 1.16 bits per heavy atom. The SMILES string of the molecule is O=C(Nc1ccc2[nH]ncc2c1)C1NCC(N2CCOCC2)CC1c1ccc(F)cc1. The maximum atomic E-state index is 13.5. The molecule has 3 unspecified atom stereocenters. The maximum Gasteiger partial charge on any atom is 0.242 e. The molecule has 7 nitrogen and oxygen atoms in total. The van der Waals surface area contributed by atoms with Crippen molar-refractivity contribution in [2.24, 2.45) is 0 Å². The zero-order chi connectivity index (χ0) is 21.2. The minimum absolute atomic E-state index is 0.0557. The number of H-pyrrole nitrogens is 1. The number of aromatic amines is 1. The molecule has 2 aliphatic heterocycles. The first kappa shape index (κ1) is 20.1. The number of carbonyl (C=O) groups is 1. The molecule has 2 saturated heterocycles. The number of fused-ring (bicyclic) bond motifs is 1. The van der Waals surface area contributed by atoms with Crippen LogP contribution < -0.4 is 10.6 Å². The van der Waals surface area contributed by atoms with Crippen LogP contribution in [0.5, 0.6) is 0 Å². The summed E-state index contributed by atoms with van der Waals surface area (Å²) in [5.74, 6) is -0.413. The van der Waals surface area contributed by atoms with E-state index in [9.17, 15) is 9.18 Å². The Morgan fingerprint density at radius 3 is 2.77 bits per heavy atom. The van der Waals surface area contributed by atoms with Gasteiger partial charge in [0.2, 0.25) is 5.91 Å². The molecule has 0 spiro atoms. The Bertz CT molecular complexity index is 1050. The highest BCUT2D eigenvalue weighted by Crippen LogP contribution is 2.31. The van der Waals surface area contributed by atoms with Crippen LogP contribution in [0.3, 0.4) is 0 Å². The molecule has 31 heavy (non-hydrogen) atoms. The number of rotatable bonds is 4. The molecule has 2 fully saturated rings. The summed E-state index contributed by atoms with van der Waals surface area (Å²) in [6, 6.07) is 12.1. The number of anilines is 1. The van der Waals surface area contributed by atoms with E-state index in [2.05, 4.69) is 25.7 Å². The Balaban J connectivity index is 1.37. The van der Waals surface area contributed by atoms with Gasteiger partial charge in [0, 0.05) is 42.7 Å². The number of aromatic nitrogens is 2. The molecule has 0 aliphatic carbocycles. The van der Waals surface area contributed by atoms with Crippen molar-refractivity contribution in [3.63, 3.8) is 0 Å². The van der Waals surface area contributed by atoms with Gasteiger partial charge in [-0.25, -0.2) is 4.39 Å². The van der Waals surface area contributed by atoms with Gasteiger partial charge in [-0.15, -0.1) is 0 Å². The topological polar surface area (TPSA) is 82.3 Å². The lowest BCUT2D eigenvalue weighted by Crippen LogP contribution is -2.58. The third-order valence-corrected chi connectivity index (χ3v) is 6.35. The summed E-state index contributed by atoms with van der Waals surface area (Å²) >= 11 is 0. The first-order valence-electron chi connectivity index (χ1n) is 10.7. The number of piperidine rings is 1. The van der Waals surface area contributed by atoms with Crippen molar-refractivity contribution in [1.82, 2.24) is 20.4 Å². The predicted molar refractivity (Wildman–Crippen MR) is 116 cm³/mol. The van der Waals surface area contributed by atoms with Gasteiger partial charge in [0.15, 0.2) is 0 Å². The highest BCUT2D eigenvalue weighted by molar-refractivity contribution is 5.97. The van der Waals surface area contributed by atoms with Crippen molar-refractivity contribution in [2.45, 2.75) is 24.4 Å². The van der Waals surface area contributed by atoms with Crippen LogP contribution in [0.2, 0.25) is 0 Å². The second-order valence-corrected chi connectivity index (χ2v) is 8.24. The first-order chi connectivity index (χ1) is 15.2. The Labute approximate surface area is 180 Å². The lowest BCUT2D eigenvalue weighted by molar-refractivity contribution is -0.119. The van der Waals surface area contributed by atoms with E-state index < -0.39 is 6.04 Å². The number of morpholine rings is 1. The average molecular weight is 423 g/mol. The van der Waals surface area contributed by atoms with Crippen molar-refractivity contribution < 1.29 is 13.9 Å². The normalized spacial score (nSPS) is 24.9. The summed E-state index contributed by atoms with van der Waals surface area (Å²) in [4.78, 5) is 15.7. The van der Waals surface area contributed by atoms with Crippen molar-refractivity contribution in [3.05, 3.63) is 60.0 Å². The number of nitrogens with zero attached hydrogens (tertiary/aromatic N) is 2. The zero-order valence-electron chi connectivity index (χ0n) is 17.2. The molecule has 8 heteroatoms. The van der Waals surface area contributed by atoms with E-state index in [1.807, 2.05) is 18.2 Å². The van der Waals surface area contributed by atoms with E-state index in [1.165, 1.54) is 12.1 Å². The summed E-state index contributed by atoms with van der Waals surface area (Å²) in [5, 5.41) is 14.4. The van der Waals surface area contributed by atoms with Crippen LogP contribution in [0.1, 0.15) is 17.9 Å². The standard InChI is InChI=1S/C23H26FN5O2/c24-17-3-1-15(2-4-17)20-12-19(29-7-9-31-10-8-29)14-25-22(20)23(30)27-18-5-6-21-16(11-18)13-26-28-21/h1-6,11,13,19-20,22,25H,7-10,12,14H2,(H,26,28)(H,27,30). The Kier molecular flexibility index (Phi) is 5.67. The smallest absolute Gasteiger partial charge is 0.242 e. The minimum atomic E-state index is -0.400. The molecule has 2 aliphatic rings. The number of nitrogens with one attached hydrogen (secondary N) is 3. The van der Waals surface area contributed by atoms with E-state index in [1.54, 1.807) is 18.3 Å². The summed E-state index contributed by atoms with van der Waals surface area (Å²) < 4.78 is 19.0. The van der Waals surface area contributed by atoms with Crippen molar-refractivity contribution >= 4 is 22.5 Å². The molecule has 5 rings (SSSR count). The van der Waals surface area contributed by atoms with Gasteiger partial charge in [0.05, 0.1) is 31.0 Å². The molecule has 1 aromatic heterocycles. The second-order valence-electron chi connectivity index (χ2n) is 8.24. The van der Waals surface area contributed by atoms with Gasteiger partial charge < -0.3 is 15.4 Å². The van der Waals surface area contributed by atoms with E-state index in [-0.39, 0.29) is 17.6 Å². The third-order valence-electron chi connectivity index (χ3n) is 6.35. The average Bonchev–Trinajstić information content (AvgIpc) is 3.28. The lowest BCUT2D eigenvalue weighted by Gasteiger charge is -2.42. The van der Waals surface area contributed by atoms with Crippen LogP contribution in [0.25, 0.3) is 10.9 Å². The van der Waals surface area contributed by atoms with E-state index in [0.29, 0.717) is 6.04 Å². The van der Waals surface area contributed by atoms with Crippen LogP contribution in [0.15, 0.2) is 48.7 Å². The van der Waals surface area contributed by atoms with Gasteiger partial charge in [0.1, 0.15) is 5.82 Å². The third kappa shape index (κ3) is 4.32. The second kappa shape index (κ2) is 8.74. The number of amides is 1. The first-order valence-corrected chi connectivity index (χ1v) is 10.7. The molecule has 162 valence electrons.